The SMILES string of the molecule is CCCCN1C(=O)C(C)=C(C)C1NC1CCCC(C)C1C. The molecule has 4 unspecified atom stereocenters. The van der Waals surface area contributed by atoms with Crippen LogP contribution in [0.2, 0.25) is 0 Å². The Bertz CT molecular complexity index is 415. The molecule has 0 spiro atoms. The van der Waals surface area contributed by atoms with Crippen molar-refractivity contribution in [2.75, 3.05) is 6.54 Å². The maximum Gasteiger partial charge on any atom is 0.251 e. The Hall–Kier alpha value is -0.830. The van der Waals surface area contributed by atoms with Crippen LogP contribution in [-0.2, 0) is 4.79 Å². The quantitative estimate of drug-likeness (QED) is 0.838. The molecule has 4 atom stereocenters. The summed E-state index contributed by atoms with van der Waals surface area (Å²) in [6.07, 6.45) is 6.23. The van der Waals surface area contributed by atoms with Crippen molar-refractivity contribution < 1.29 is 4.79 Å². The summed E-state index contributed by atoms with van der Waals surface area (Å²) >= 11 is 0. The van der Waals surface area contributed by atoms with Crippen LogP contribution in [0.1, 0.15) is 66.7 Å². The van der Waals surface area contributed by atoms with E-state index in [-0.39, 0.29) is 12.1 Å². The van der Waals surface area contributed by atoms with Gasteiger partial charge >= 0.3 is 0 Å². The van der Waals surface area contributed by atoms with E-state index >= 15 is 0 Å². The summed E-state index contributed by atoms with van der Waals surface area (Å²) in [6, 6.07) is 0.538. The zero-order chi connectivity index (χ0) is 15.6. The van der Waals surface area contributed by atoms with E-state index in [0.717, 1.165) is 30.9 Å². The van der Waals surface area contributed by atoms with E-state index in [1.807, 2.05) is 6.92 Å². The highest BCUT2D eigenvalue weighted by Crippen LogP contribution is 2.32. The first-order valence-corrected chi connectivity index (χ1v) is 8.71. The largest absolute Gasteiger partial charge is 0.319 e. The number of amides is 1. The van der Waals surface area contributed by atoms with Crippen LogP contribution in [0.5, 0.6) is 0 Å². The van der Waals surface area contributed by atoms with Crippen LogP contribution in [0.4, 0.5) is 0 Å². The predicted octanol–water partition coefficient (Wildman–Crippen LogP) is 3.71. The minimum Gasteiger partial charge on any atom is -0.319 e. The van der Waals surface area contributed by atoms with Gasteiger partial charge in [0, 0.05) is 18.2 Å². The van der Waals surface area contributed by atoms with Crippen molar-refractivity contribution in [2.24, 2.45) is 11.8 Å². The number of hydrogen-bond acceptors (Lipinski definition) is 2. The molecule has 0 aromatic heterocycles. The van der Waals surface area contributed by atoms with E-state index in [1.54, 1.807) is 0 Å². The van der Waals surface area contributed by atoms with Gasteiger partial charge < -0.3 is 4.90 Å². The Kier molecular flexibility index (Phi) is 5.48. The van der Waals surface area contributed by atoms with Crippen LogP contribution in [0.15, 0.2) is 11.1 Å². The number of nitrogens with zero attached hydrogens (tertiary/aromatic N) is 1. The van der Waals surface area contributed by atoms with Crippen LogP contribution >= 0.6 is 0 Å². The molecule has 1 fully saturated rings. The maximum absolute atomic E-state index is 12.4. The first-order valence-electron chi connectivity index (χ1n) is 8.71. The molecule has 0 aromatic rings. The molecule has 1 aliphatic carbocycles. The summed E-state index contributed by atoms with van der Waals surface area (Å²) in [7, 11) is 0. The van der Waals surface area contributed by atoms with Crippen LogP contribution < -0.4 is 5.32 Å². The molecule has 2 aliphatic rings. The van der Waals surface area contributed by atoms with Gasteiger partial charge in [-0.15, -0.1) is 0 Å². The first kappa shape index (κ1) is 16.5. The minimum absolute atomic E-state index is 0.127. The van der Waals surface area contributed by atoms with Crippen LogP contribution in [-0.4, -0.2) is 29.6 Å². The lowest BCUT2D eigenvalue weighted by molar-refractivity contribution is -0.127. The number of rotatable bonds is 5. The number of unbranched alkanes of at least 4 members (excludes halogenated alkanes) is 1. The van der Waals surface area contributed by atoms with Crippen molar-refractivity contribution in [1.29, 1.82) is 0 Å². The summed E-state index contributed by atoms with van der Waals surface area (Å²) in [4.78, 5) is 14.5. The Morgan fingerprint density at radius 3 is 2.62 bits per heavy atom. The highest BCUT2D eigenvalue weighted by Gasteiger charge is 2.37. The van der Waals surface area contributed by atoms with Gasteiger partial charge in [-0.05, 0) is 44.1 Å². The van der Waals surface area contributed by atoms with Crippen LogP contribution in [0, 0.1) is 11.8 Å². The monoisotopic (exact) mass is 292 g/mol. The van der Waals surface area contributed by atoms with E-state index < -0.39 is 0 Å². The normalized spacial score (nSPS) is 34.0. The molecule has 1 aliphatic heterocycles. The third-order valence-electron chi connectivity index (χ3n) is 5.73. The van der Waals surface area contributed by atoms with Gasteiger partial charge in [0.05, 0.1) is 0 Å². The minimum atomic E-state index is 0.127. The molecule has 3 nitrogen and oxygen atoms in total. The highest BCUT2D eigenvalue weighted by molar-refractivity contribution is 5.96. The first-order chi connectivity index (χ1) is 9.97. The zero-order valence-electron chi connectivity index (χ0n) is 14.4. The molecule has 1 amide bonds. The molecule has 0 radical (unpaired) electrons. The molecule has 1 saturated carbocycles. The van der Waals surface area contributed by atoms with Gasteiger partial charge in [-0.25, -0.2) is 0 Å². The van der Waals surface area contributed by atoms with Crippen molar-refractivity contribution >= 4 is 5.91 Å². The van der Waals surface area contributed by atoms with Gasteiger partial charge in [0.15, 0.2) is 0 Å². The molecule has 0 saturated heterocycles. The number of nitrogens with one attached hydrogen (secondary N) is 1. The molecule has 2 rings (SSSR count). The summed E-state index contributed by atoms with van der Waals surface area (Å²) < 4.78 is 0. The van der Waals surface area contributed by atoms with E-state index in [9.17, 15) is 4.79 Å². The summed E-state index contributed by atoms with van der Waals surface area (Å²) in [5.74, 6) is 1.70. The topological polar surface area (TPSA) is 32.3 Å². The molecule has 3 heteroatoms. The van der Waals surface area contributed by atoms with E-state index in [2.05, 4.69) is 37.9 Å². The molecule has 1 heterocycles. The average molecular weight is 292 g/mol. The van der Waals surface area contributed by atoms with E-state index in [4.69, 9.17) is 0 Å². The van der Waals surface area contributed by atoms with Crippen molar-refractivity contribution in [3.05, 3.63) is 11.1 Å². The van der Waals surface area contributed by atoms with E-state index in [0.29, 0.717) is 12.0 Å². The third kappa shape index (κ3) is 3.33. The second-order valence-corrected chi connectivity index (χ2v) is 7.10. The van der Waals surface area contributed by atoms with Gasteiger partial charge in [0.1, 0.15) is 6.17 Å². The average Bonchev–Trinajstić information content (AvgIpc) is 2.66. The molecule has 1 N–H and O–H groups in total. The Labute approximate surface area is 130 Å². The lowest BCUT2D eigenvalue weighted by Crippen LogP contribution is -2.53. The van der Waals surface area contributed by atoms with E-state index in [1.165, 1.54) is 24.8 Å². The maximum atomic E-state index is 12.4. The van der Waals surface area contributed by atoms with Gasteiger partial charge in [-0.3, -0.25) is 10.1 Å². The van der Waals surface area contributed by atoms with Crippen molar-refractivity contribution in [2.45, 2.75) is 78.9 Å². The number of hydrogen-bond donors (Lipinski definition) is 1. The molecule has 21 heavy (non-hydrogen) atoms. The molecule has 120 valence electrons. The predicted molar refractivity (Wildman–Crippen MR) is 87.9 cm³/mol. The van der Waals surface area contributed by atoms with Gasteiger partial charge in [-0.2, -0.15) is 0 Å². The van der Waals surface area contributed by atoms with Gasteiger partial charge in [-0.1, -0.05) is 40.0 Å². The fraction of sp³-hybridized carbons (Fsp3) is 0.833. The molecule has 0 bridgehead atoms. The third-order valence-corrected chi connectivity index (χ3v) is 5.73. The fourth-order valence-corrected chi connectivity index (χ4v) is 3.73. The number of carbonyl (C=O) groups is 1. The van der Waals surface area contributed by atoms with Gasteiger partial charge in [0.2, 0.25) is 0 Å². The Balaban J connectivity index is 2.09. The lowest BCUT2D eigenvalue weighted by atomic mass is 9.78. The Morgan fingerprint density at radius 2 is 1.95 bits per heavy atom. The second kappa shape index (κ2) is 6.95. The standard InChI is InChI=1S/C18H32N2O/c1-6-7-11-20-17(14(4)15(5)18(20)21)19-16-10-8-9-12(2)13(16)3/h12-13,16-17,19H,6-11H2,1-5H3. The van der Waals surface area contributed by atoms with Crippen molar-refractivity contribution in [3.63, 3.8) is 0 Å². The fourth-order valence-electron chi connectivity index (χ4n) is 3.73. The Morgan fingerprint density at radius 1 is 1.24 bits per heavy atom. The van der Waals surface area contributed by atoms with Crippen LogP contribution in [0.25, 0.3) is 0 Å². The summed E-state index contributed by atoms with van der Waals surface area (Å²) in [5, 5.41) is 3.81. The summed E-state index contributed by atoms with van der Waals surface area (Å²) in [6.45, 7) is 11.9. The lowest BCUT2D eigenvalue weighted by Gasteiger charge is -2.39. The molecule has 0 aromatic carbocycles. The van der Waals surface area contributed by atoms with Crippen LogP contribution in [0.3, 0.4) is 0 Å². The molecular formula is C18H32N2O. The smallest absolute Gasteiger partial charge is 0.251 e. The summed E-state index contributed by atoms with van der Waals surface area (Å²) in [5.41, 5.74) is 2.17. The second-order valence-electron chi connectivity index (χ2n) is 7.10. The highest BCUT2D eigenvalue weighted by atomic mass is 16.2. The zero-order valence-corrected chi connectivity index (χ0v) is 14.4. The van der Waals surface area contributed by atoms with Gasteiger partial charge in [0.25, 0.3) is 5.91 Å². The van der Waals surface area contributed by atoms with Crippen molar-refractivity contribution in [3.8, 4) is 0 Å². The number of carbonyl (C=O) groups excluding carboxylic acids is 1. The van der Waals surface area contributed by atoms with Crippen molar-refractivity contribution in [1.82, 2.24) is 10.2 Å². The molecular weight excluding hydrogens is 260 g/mol.